The molecule has 3 rings (SSSR count). The predicted octanol–water partition coefficient (Wildman–Crippen LogP) is 4.96. The summed E-state index contributed by atoms with van der Waals surface area (Å²) >= 11 is 5.30. The average molecular weight is 452 g/mol. The van der Waals surface area contributed by atoms with E-state index in [0.717, 1.165) is 5.56 Å². The lowest BCUT2D eigenvalue weighted by Gasteiger charge is -2.19. The highest BCUT2D eigenvalue weighted by molar-refractivity contribution is 7.80. The molecule has 0 bridgehead atoms. The van der Waals surface area contributed by atoms with Gasteiger partial charge in [0.25, 0.3) is 11.8 Å². The van der Waals surface area contributed by atoms with Gasteiger partial charge in [0.05, 0.1) is 19.1 Å². The molecule has 2 amide bonds. The van der Waals surface area contributed by atoms with Crippen LogP contribution in [0.5, 0.6) is 5.75 Å². The van der Waals surface area contributed by atoms with E-state index in [2.05, 4.69) is 36.7 Å². The zero-order valence-electron chi connectivity index (χ0n) is 18.3. The van der Waals surface area contributed by atoms with Crippen molar-refractivity contribution in [3.05, 3.63) is 77.7 Å². The summed E-state index contributed by atoms with van der Waals surface area (Å²) in [6.45, 7) is 6.33. The number of hydrogen-bond acceptors (Lipinski definition) is 5. The minimum Gasteiger partial charge on any atom is -0.495 e. The molecule has 8 heteroatoms. The molecule has 1 heterocycles. The molecule has 0 aliphatic rings. The summed E-state index contributed by atoms with van der Waals surface area (Å²) in [7, 11) is 1.51. The molecule has 0 atom stereocenters. The van der Waals surface area contributed by atoms with E-state index in [1.165, 1.54) is 13.4 Å². The zero-order chi connectivity index (χ0) is 23.3. The van der Waals surface area contributed by atoms with Crippen LogP contribution in [0.1, 0.15) is 47.2 Å². The zero-order valence-corrected chi connectivity index (χ0v) is 19.1. The molecule has 0 fully saturated rings. The van der Waals surface area contributed by atoms with Gasteiger partial charge in [-0.15, -0.1) is 0 Å². The standard InChI is InChI=1S/C24H25N3O4S/c1-24(2,3)16-9-7-15(8-10-16)21(28)27-23(32)26-18-14-17(11-12-19(18)30-4)25-22(29)20-6-5-13-31-20/h5-14H,1-4H3,(H,25,29)(H2,26,27,28,32). The second-order valence-electron chi connectivity index (χ2n) is 8.08. The monoisotopic (exact) mass is 451 g/mol. The van der Waals surface area contributed by atoms with Crippen molar-refractivity contribution in [1.29, 1.82) is 0 Å². The summed E-state index contributed by atoms with van der Waals surface area (Å²) in [6.07, 6.45) is 1.42. The van der Waals surface area contributed by atoms with Crippen LogP contribution in [0.2, 0.25) is 0 Å². The van der Waals surface area contributed by atoms with Gasteiger partial charge < -0.3 is 19.8 Å². The maximum Gasteiger partial charge on any atom is 0.291 e. The molecular weight excluding hydrogens is 426 g/mol. The third-order valence-electron chi connectivity index (χ3n) is 4.69. The van der Waals surface area contributed by atoms with Crippen LogP contribution in [-0.2, 0) is 5.41 Å². The van der Waals surface area contributed by atoms with Crippen molar-refractivity contribution in [2.24, 2.45) is 0 Å². The molecule has 7 nitrogen and oxygen atoms in total. The SMILES string of the molecule is COc1ccc(NC(=O)c2ccco2)cc1NC(=S)NC(=O)c1ccc(C(C)(C)C)cc1. The van der Waals surface area contributed by atoms with Gasteiger partial charge in [-0.3, -0.25) is 14.9 Å². The third-order valence-corrected chi connectivity index (χ3v) is 4.89. The number of nitrogens with one attached hydrogen (secondary N) is 3. The van der Waals surface area contributed by atoms with Crippen LogP contribution in [0.4, 0.5) is 11.4 Å². The average Bonchev–Trinajstić information content (AvgIpc) is 3.28. The Balaban J connectivity index is 1.68. The number of anilines is 2. The Morgan fingerprint density at radius 1 is 0.969 bits per heavy atom. The van der Waals surface area contributed by atoms with E-state index in [-0.39, 0.29) is 28.1 Å². The molecule has 0 aliphatic heterocycles. The molecule has 0 unspecified atom stereocenters. The number of ether oxygens (including phenoxy) is 1. The molecule has 3 N–H and O–H groups in total. The van der Waals surface area contributed by atoms with E-state index in [1.807, 2.05) is 12.1 Å². The smallest absolute Gasteiger partial charge is 0.291 e. The van der Waals surface area contributed by atoms with Crippen LogP contribution in [0.25, 0.3) is 0 Å². The fraction of sp³-hybridized carbons (Fsp3) is 0.208. The highest BCUT2D eigenvalue weighted by atomic mass is 32.1. The van der Waals surface area contributed by atoms with Crippen molar-refractivity contribution in [1.82, 2.24) is 5.32 Å². The van der Waals surface area contributed by atoms with Crippen LogP contribution in [0.15, 0.2) is 65.3 Å². The number of amides is 2. The van der Waals surface area contributed by atoms with Crippen molar-refractivity contribution in [3.8, 4) is 5.75 Å². The molecule has 0 spiro atoms. The topological polar surface area (TPSA) is 92.6 Å². The third kappa shape index (κ3) is 5.73. The van der Waals surface area contributed by atoms with Gasteiger partial charge in [0.1, 0.15) is 5.75 Å². The Hall–Kier alpha value is -3.65. The van der Waals surface area contributed by atoms with Crippen molar-refractivity contribution in [3.63, 3.8) is 0 Å². The van der Waals surface area contributed by atoms with E-state index < -0.39 is 0 Å². The largest absolute Gasteiger partial charge is 0.495 e. The van der Waals surface area contributed by atoms with Gasteiger partial charge in [0, 0.05) is 11.3 Å². The molecule has 2 aromatic carbocycles. The molecule has 0 saturated heterocycles. The summed E-state index contributed by atoms with van der Waals surface area (Å²) in [4.78, 5) is 24.8. The van der Waals surface area contributed by atoms with Crippen molar-refractivity contribution in [2.45, 2.75) is 26.2 Å². The predicted molar refractivity (Wildman–Crippen MR) is 128 cm³/mol. The number of benzene rings is 2. The first-order valence-electron chi connectivity index (χ1n) is 9.93. The molecule has 0 aliphatic carbocycles. The minimum atomic E-state index is -0.388. The summed E-state index contributed by atoms with van der Waals surface area (Å²) in [6, 6.07) is 15.6. The maximum atomic E-state index is 12.6. The molecule has 32 heavy (non-hydrogen) atoms. The summed E-state index contributed by atoms with van der Waals surface area (Å²) < 4.78 is 10.4. The lowest BCUT2D eigenvalue weighted by atomic mass is 9.87. The highest BCUT2D eigenvalue weighted by Gasteiger charge is 2.16. The van der Waals surface area contributed by atoms with Crippen molar-refractivity contribution in [2.75, 3.05) is 17.7 Å². The molecule has 1 aromatic heterocycles. The Labute approximate surface area is 192 Å². The van der Waals surface area contributed by atoms with Crippen molar-refractivity contribution < 1.29 is 18.7 Å². The molecule has 0 radical (unpaired) electrons. The van der Waals surface area contributed by atoms with Gasteiger partial charge in [0.2, 0.25) is 0 Å². The van der Waals surface area contributed by atoms with Gasteiger partial charge >= 0.3 is 0 Å². The van der Waals surface area contributed by atoms with E-state index in [0.29, 0.717) is 22.7 Å². The Kier molecular flexibility index (Phi) is 6.95. The van der Waals surface area contributed by atoms with E-state index in [1.54, 1.807) is 42.5 Å². The number of methoxy groups -OCH3 is 1. The van der Waals surface area contributed by atoms with E-state index in [9.17, 15) is 9.59 Å². The van der Waals surface area contributed by atoms with Crippen LogP contribution in [-0.4, -0.2) is 24.0 Å². The second kappa shape index (κ2) is 9.65. The van der Waals surface area contributed by atoms with Gasteiger partial charge in [-0.25, -0.2) is 0 Å². The second-order valence-corrected chi connectivity index (χ2v) is 8.49. The number of thiocarbonyl (C=S) groups is 1. The van der Waals surface area contributed by atoms with E-state index >= 15 is 0 Å². The number of rotatable bonds is 5. The first kappa shape index (κ1) is 23.0. The van der Waals surface area contributed by atoms with Gasteiger partial charge in [0.15, 0.2) is 10.9 Å². The number of furan rings is 1. The highest BCUT2D eigenvalue weighted by Crippen LogP contribution is 2.28. The quantitative estimate of drug-likeness (QED) is 0.475. The lowest BCUT2D eigenvalue weighted by Crippen LogP contribution is -2.34. The van der Waals surface area contributed by atoms with Crippen LogP contribution < -0.4 is 20.7 Å². The molecule has 0 saturated carbocycles. The minimum absolute atomic E-state index is 0.000209. The fourth-order valence-electron chi connectivity index (χ4n) is 2.93. The normalized spacial score (nSPS) is 10.9. The first-order valence-corrected chi connectivity index (χ1v) is 10.3. The number of carbonyl (C=O) groups is 2. The maximum absolute atomic E-state index is 12.6. The molecular formula is C24H25N3O4S. The van der Waals surface area contributed by atoms with Crippen molar-refractivity contribution >= 4 is 40.5 Å². The Bertz CT molecular complexity index is 1120. The van der Waals surface area contributed by atoms with Crippen LogP contribution in [0.3, 0.4) is 0 Å². The molecule has 3 aromatic rings. The van der Waals surface area contributed by atoms with Gasteiger partial charge in [-0.2, -0.15) is 0 Å². The lowest BCUT2D eigenvalue weighted by molar-refractivity contribution is 0.0975. The summed E-state index contributed by atoms with van der Waals surface area (Å²) in [5.74, 6) is -0.0346. The van der Waals surface area contributed by atoms with Gasteiger partial charge in [-0.05, 0) is 65.7 Å². The number of hydrogen-bond donors (Lipinski definition) is 3. The van der Waals surface area contributed by atoms with Gasteiger partial charge in [-0.1, -0.05) is 32.9 Å². The van der Waals surface area contributed by atoms with Crippen LogP contribution in [0, 0.1) is 0 Å². The molecule has 166 valence electrons. The van der Waals surface area contributed by atoms with Crippen LogP contribution >= 0.6 is 12.2 Å². The van der Waals surface area contributed by atoms with E-state index in [4.69, 9.17) is 21.4 Å². The fourth-order valence-corrected chi connectivity index (χ4v) is 3.14. The Morgan fingerprint density at radius 3 is 2.28 bits per heavy atom. The number of carbonyl (C=O) groups excluding carboxylic acids is 2. The Morgan fingerprint density at radius 2 is 1.69 bits per heavy atom. The summed E-state index contributed by atoms with van der Waals surface area (Å²) in [5.41, 5.74) is 2.61. The first-order chi connectivity index (χ1) is 15.2. The summed E-state index contributed by atoms with van der Waals surface area (Å²) in [5, 5.41) is 8.44.